The Morgan fingerprint density at radius 1 is 1.03 bits per heavy atom. The van der Waals surface area contributed by atoms with Crippen LogP contribution < -0.4 is 15.4 Å². The molecule has 0 unspecified atom stereocenters. The molecule has 2 fully saturated rings. The molecule has 194 valence electrons. The number of hydrogen-bond acceptors (Lipinski definition) is 5. The highest BCUT2D eigenvalue weighted by atomic mass is 32.2. The van der Waals surface area contributed by atoms with Crippen molar-refractivity contribution in [2.75, 3.05) is 16.3 Å². The van der Waals surface area contributed by atoms with Crippen LogP contribution in [0.2, 0.25) is 0 Å². The number of anilines is 2. The molecule has 2 aliphatic rings. The highest BCUT2D eigenvalue weighted by Gasteiger charge is 2.36. The largest absolute Gasteiger partial charge is 0.335 e. The van der Waals surface area contributed by atoms with E-state index in [1.165, 1.54) is 0 Å². The van der Waals surface area contributed by atoms with Crippen LogP contribution in [0, 0.1) is 12.3 Å². The predicted octanol–water partition coefficient (Wildman–Crippen LogP) is 5.68. The molecule has 0 saturated heterocycles. The molecular formula is C28H33N5O3S. The number of benzene rings is 1. The summed E-state index contributed by atoms with van der Waals surface area (Å²) in [5.74, 6) is 0.677. The third-order valence-corrected chi connectivity index (χ3v) is 7.51. The lowest BCUT2D eigenvalue weighted by Crippen LogP contribution is -2.49. The average Bonchev–Trinajstić information content (AvgIpc) is 3.63. The number of pyridine rings is 2. The van der Waals surface area contributed by atoms with Gasteiger partial charge >= 0.3 is 6.03 Å². The van der Waals surface area contributed by atoms with Crippen molar-refractivity contribution in [3.8, 4) is 22.4 Å². The molecule has 37 heavy (non-hydrogen) atoms. The van der Waals surface area contributed by atoms with Crippen LogP contribution in [0.1, 0.15) is 56.7 Å². The van der Waals surface area contributed by atoms with Gasteiger partial charge in [0, 0.05) is 35.1 Å². The van der Waals surface area contributed by atoms with Gasteiger partial charge in [-0.2, -0.15) is 0 Å². The molecule has 0 radical (unpaired) electrons. The number of aryl methyl sites for hydroxylation is 1. The fourth-order valence-electron chi connectivity index (χ4n) is 5.02. The molecule has 2 heterocycles. The zero-order chi connectivity index (χ0) is 26.4. The molecule has 3 N–H and O–H groups in total. The van der Waals surface area contributed by atoms with E-state index < -0.39 is 10.0 Å². The number of amides is 2. The fraction of sp³-hybridized carbons (Fsp3) is 0.393. The second kappa shape index (κ2) is 9.45. The number of sulfonamides is 1. The first-order valence-electron chi connectivity index (χ1n) is 12.6. The minimum absolute atomic E-state index is 0.188. The van der Waals surface area contributed by atoms with Crippen molar-refractivity contribution in [1.29, 1.82) is 0 Å². The van der Waals surface area contributed by atoms with E-state index >= 15 is 0 Å². The molecule has 9 heteroatoms. The monoisotopic (exact) mass is 519 g/mol. The molecule has 8 nitrogen and oxygen atoms in total. The molecular weight excluding hydrogens is 486 g/mol. The van der Waals surface area contributed by atoms with Gasteiger partial charge in [-0.1, -0.05) is 19.9 Å². The van der Waals surface area contributed by atoms with E-state index in [9.17, 15) is 13.2 Å². The highest BCUT2D eigenvalue weighted by Crippen LogP contribution is 2.42. The smallest absolute Gasteiger partial charge is 0.319 e. The summed E-state index contributed by atoms with van der Waals surface area (Å²) in [5, 5.41) is 6.06. The Kier molecular flexibility index (Phi) is 6.43. The molecule has 2 saturated carbocycles. The van der Waals surface area contributed by atoms with E-state index in [1.54, 1.807) is 12.3 Å². The number of aromatic nitrogens is 2. The van der Waals surface area contributed by atoms with E-state index in [0.717, 1.165) is 71.3 Å². The van der Waals surface area contributed by atoms with Gasteiger partial charge in [-0.3, -0.25) is 9.71 Å². The highest BCUT2D eigenvalue weighted by molar-refractivity contribution is 7.92. The standard InChI is InChI=1S/C28H33N5O3S/c1-17-5-8-21(30-27(34)31-22-15-28(2,3)16-22)14-23(17)20-11-24(18-6-7-18)32-25(12-20)19-9-10-29-26(13-19)33-37(4,35)36/h5,8-14,18,22H,6-7,15-16H2,1-4H3,(H,29,33)(H2,30,31,34). The van der Waals surface area contributed by atoms with Gasteiger partial charge < -0.3 is 10.6 Å². The predicted molar refractivity (Wildman–Crippen MR) is 147 cm³/mol. The summed E-state index contributed by atoms with van der Waals surface area (Å²) < 4.78 is 25.8. The molecule has 0 aliphatic heterocycles. The van der Waals surface area contributed by atoms with Crippen LogP contribution in [-0.4, -0.2) is 36.7 Å². The van der Waals surface area contributed by atoms with Crippen LogP contribution >= 0.6 is 0 Å². The Morgan fingerprint density at radius 3 is 2.46 bits per heavy atom. The van der Waals surface area contributed by atoms with Gasteiger partial charge in [0.2, 0.25) is 10.0 Å². The quantitative estimate of drug-likeness (QED) is 0.372. The second-order valence-corrected chi connectivity index (χ2v) is 12.9. The van der Waals surface area contributed by atoms with Crippen molar-refractivity contribution < 1.29 is 13.2 Å². The molecule has 0 spiro atoms. The van der Waals surface area contributed by atoms with E-state index in [0.29, 0.717) is 11.3 Å². The zero-order valence-corrected chi connectivity index (χ0v) is 22.4. The maximum atomic E-state index is 12.6. The molecule has 0 atom stereocenters. The first-order chi connectivity index (χ1) is 17.4. The number of hydrogen-bond donors (Lipinski definition) is 3. The lowest BCUT2D eigenvalue weighted by molar-refractivity contribution is 0.132. The first kappa shape index (κ1) is 25.2. The van der Waals surface area contributed by atoms with Crippen molar-refractivity contribution >= 4 is 27.6 Å². The van der Waals surface area contributed by atoms with E-state index in [1.807, 2.05) is 37.3 Å². The minimum atomic E-state index is -3.44. The molecule has 1 aromatic carbocycles. The van der Waals surface area contributed by atoms with Crippen molar-refractivity contribution in [3.05, 3.63) is 59.9 Å². The number of carbonyl (C=O) groups excluding carboxylic acids is 1. The van der Waals surface area contributed by atoms with E-state index in [4.69, 9.17) is 4.98 Å². The lowest BCUT2D eigenvalue weighted by Gasteiger charge is -2.42. The maximum Gasteiger partial charge on any atom is 0.319 e. The van der Waals surface area contributed by atoms with Crippen LogP contribution in [0.3, 0.4) is 0 Å². The Labute approximate surface area is 218 Å². The second-order valence-electron chi connectivity index (χ2n) is 11.1. The van der Waals surface area contributed by atoms with Crippen LogP contribution in [0.5, 0.6) is 0 Å². The van der Waals surface area contributed by atoms with Gasteiger partial charge in [0.1, 0.15) is 5.82 Å². The Balaban J connectivity index is 1.44. The summed E-state index contributed by atoms with van der Waals surface area (Å²) in [5.41, 5.74) is 6.67. The SMILES string of the molecule is Cc1ccc(NC(=O)NC2CC(C)(C)C2)cc1-c1cc(-c2ccnc(NS(C)(=O)=O)c2)nc(C2CC2)c1. The Morgan fingerprint density at radius 2 is 1.78 bits per heavy atom. The first-order valence-corrected chi connectivity index (χ1v) is 14.5. The van der Waals surface area contributed by atoms with Crippen LogP contribution in [0.15, 0.2) is 48.7 Å². The average molecular weight is 520 g/mol. The molecule has 3 aromatic rings. The minimum Gasteiger partial charge on any atom is -0.335 e. The Hall–Kier alpha value is -3.46. The van der Waals surface area contributed by atoms with Crippen molar-refractivity contribution in [1.82, 2.24) is 15.3 Å². The number of nitrogens with zero attached hydrogens (tertiary/aromatic N) is 2. The Bertz CT molecular complexity index is 1460. The van der Waals surface area contributed by atoms with Gasteiger partial charge in [-0.25, -0.2) is 18.2 Å². The van der Waals surface area contributed by atoms with Crippen molar-refractivity contribution in [3.63, 3.8) is 0 Å². The third kappa shape index (κ3) is 6.28. The normalized spacial score (nSPS) is 17.1. The fourth-order valence-corrected chi connectivity index (χ4v) is 5.51. The van der Waals surface area contributed by atoms with Crippen molar-refractivity contribution in [2.24, 2.45) is 5.41 Å². The summed E-state index contributed by atoms with van der Waals surface area (Å²) >= 11 is 0. The summed E-state index contributed by atoms with van der Waals surface area (Å²) in [4.78, 5) is 21.6. The van der Waals surface area contributed by atoms with Crippen LogP contribution in [0.4, 0.5) is 16.3 Å². The lowest BCUT2D eigenvalue weighted by atomic mass is 9.68. The van der Waals surface area contributed by atoms with Crippen LogP contribution in [0.25, 0.3) is 22.4 Å². The maximum absolute atomic E-state index is 12.6. The number of carbonyl (C=O) groups is 1. The number of rotatable bonds is 7. The van der Waals surface area contributed by atoms with Gasteiger partial charge in [0.15, 0.2) is 0 Å². The molecule has 2 aromatic heterocycles. The van der Waals surface area contributed by atoms with Gasteiger partial charge in [0.05, 0.1) is 11.9 Å². The van der Waals surface area contributed by atoms with Gasteiger partial charge in [-0.15, -0.1) is 0 Å². The summed E-state index contributed by atoms with van der Waals surface area (Å²) in [6, 6.07) is 13.6. The van der Waals surface area contributed by atoms with E-state index in [-0.39, 0.29) is 17.9 Å². The zero-order valence-electron chi connectivity index (χ0n) is 21.6. The molecule has 0 bridgehead atoms. The van der Waals surface area contributed by atoms with Gasteiger partial charge in [0.25, 0.3) is 0 Å². The third-order valence-electron chi connectivity index (χ3n) is 6.93. The molecule has 2 amide bonds. The molecule has 2 aliphatic carbocycles. The molecule has 5 rings (SSSR count). The summed E-state index contributed by atoms with van der Waals surface area (Å²) in [7, 11) is -3.44. The summed E-state index contributed by atoms with van der Waals surface area (Å²) in [6.45, 7) is 6.47. The van der Waals surface area contributed by atoms with Gasteiger partial charge in [-0.05, 0) is 91.1 Å². The van der Waals surface area contributed by atoms with Crippen molar-refractivity contribution in [2.45, 2.75) is 58.4 Å². The van der Waals surface area contributed by atoms with E-state index in [2.05, 4.69) is 40.3 Å². The van der Waals surface area contributed by atoms with Crippen LogP contribution in [-0.2, 0) is 10.0 Å². The number of nitrogens with one attached hydrogen (secondary N) is 3. The summed E-state index contributed by atoms with van der Waals surface area (Å²) in [6.07, 6.45) is 6.85. The number of urea groups is 1. The topological polar surface area (TPSA) is 113 Å².